The zero-order chi connectivity index (χ0) is 21.4. The largest absolute Gasteiger partial charge is 0.463 e. The molecule has 4 rings (SSSR count). The first-order chi connectivity index (χ1) is 14.4. The van der Waals surface area contributed by atoms with Crippen LogP contribution in [-0.4, -0.2) is 17.1 Å². The van der Waals surface area contributed by atoms with Crippen LogP contribution < -0.4 is 14.9 Å². The van der Waals surface area contributed by atoms with Gasteiger partial charge in [0.1, 0.15) is 5.76 Å². The van der Waals surface area contributed by atoms with Gasteiger partial charge < -0.3 is 9.15 Å². The van der Waals surface area contributed by atoms with Crippen molar-refractivity contribution in [1.29, 1.82) is 0 Å². The summed E-state index contributed by atoms with van der Waals surface area (Å²) in [5, 5.41) is 0.567. The molecular weight excluding hydrogens is 539 g/mol. The molecule has 0 unspecified atom stereocenters. The Labute approximate surface area is 194 Å². The number of benzene rings is 1. The number of carbonyl (C=O) groups excluding carboxylic acids is 1. The maximum absolute atomic E-state index is 13.3. The Morgan fingerprint density at radius 1 is 1.33 bits per heavy atom. The first kappa shape index (κ1) is 21.1. The molecule has 0 radical (unpaired) electrons. The predicted octanol–water partition coefficient (Wildman–Crippen LogP) is 3.65. The Morgan fingerprint density at radius 2 is 2.07 bits per heavy atom. The van der Waals surface area contributed by atoms with Gasteiger partial charge in [0.25, 0.3) is 5.56 Å². The molecule has 0 bridgehead atoms. The van der Waals surface area contributed by atoms with E-state index in [0.717, 1.165) is 9.33 Å². The minimum absolute atomic E-state index is 0.227. The fourth-order valence-electron chi connectivity index (χ4n) is 3.29. The first-order valence-electron chi connectivity index (χ1n) is 9.09. The normalized spacial score (nSPS) is 16.4. The molecule has 0 spiro atoms. The van der Waals surface area contributed by atoms with Crippen LogP contribution in [0.2, 0.25) is 5.02 Å². The minimum atomic E-state index is -0.656. The van der Waals surface area contributed by atoms with E-state index in [-0.39, 0.29) is 12.2 Å². The molecule has 0 fully saturated rings. The van der Waals surface area contributed by atoms with E-state index in [1.807, 2.05) is 6.07 Å². The molecule has 1 aliphatic rings. The Kier molecular flexibility index (Phi) is 5.99. The van der Waals surface area contributed by atoms with Crippen molar-refractivity contribution in [3.63, 3.8) is 0 Å². The fourth-order valence-corrected chi connectivity index (χ4v) is 4.87. The number of halogens is 2. The van der Waals surface area contributed by atoms with Crippen molar-refractivity contribution in [3.05, 3.63) is 87.5 Å². The summed E-state index contributed by atoms with van der Waals surface area (Å²) >= 11 is 9.37. The highest BCUT2D eigenvalue weighted by atomic mass is 127. The highest BCUT2D eigenvalue weighted by molar-refractivity contribution is 14.1. The molecule has 154 valence electrons. The second kappa shape index (κ2) is 8.52. The Bertz CT molecular complexity index is 1330. The van der Waals surface area contributed by atoms with E-state index in [4.69, 9.17) is 20.8 Å². The number of allylic oxidation sites excluding steroid dienone is 1. The molecule has 1 aromatic carbocycles. The molecule has 1 aliphatic heterocycles. The van der Waals surface area contributed by atoms with Crippen molar-refractivity contribution < 1.29 is 13.9 Å². The van der Waals surface area contributed by atoms with Gasteiger partial charge in [0.2, 0.25) is 0 Å². The minimum Gasteiger partial charge on any atom is -0.463 e. The van der Waals surface area contributed by atoms with E-state index in [1.165, 1.54) is 15.9 Å². The van der Waals surface area contributed by atoms with Gasteiger partial charge in [-0.1, -0.05) is 35.1 Å². The summed E-state index contributed by atoms with van der Waals surface area (Å²) in [7, 11) is 0. The number of ether oxygens (including phenoxy) is 1. The van der Waals surface area contributed by atoms with Crippen molar-refractivity contribution in [1.82, 2.24) is 4.57 Å². The van der Waals surface area contributed by atoms with Gasteiger partial charge in [-0.2, -0.15) is 0 Å². The number of carbonyl (C=O) groups is 1. The van der Waals surface area contributed by atoms with Crippen LogP contribution in [-0.2, 0) is 9.53 Å². The number of esters is 1. The number of nitrogens with zero attached hydrogens (tertiary/aromatic N) is 2. The molecule has 3 aromatic rings. The van der Waals surface area contributed by atoms with Crippen LogP contribution in [0.4, 0.5) is 0 Å². The van der Waals surface area contributed by atoms with E-state index in [0.29, 0.717) is 31.4 Å². The first-order valence-corrected chi connectivity index (χ1v) is 11.4. The number of fused-ring (bicyclic) bond motifs is 1. The van der Waals surface area contributed by atoms with Crippen molar-refractivity contribution in [2.24, 2.45) is 4.99 Å². The molecule has 3 heterocycles. The number of furan rings is 1. The lowest BCUT2D eigenvalue weighted by molar-refractivity contribution is -0.139. The number of hydrogen-bond acceptors (Lipinski definition) is 6. The third kappa shape index (κ3) is 3.91. The van der Waals surface area contributed by atoms with Crippen LogP contribution in [0.1, 0.15) is 31.2 Å². The van der Waals surface area contributed by atoms with Gasteiger partial charge in [-0.05, 0) is 66.3 Å². The SMILES string of the molecule is CCOC(=O)C1=C(C)N=c2s/c(=C/c3ccc(I)o3)c(=O)n2[C@@H]1c1ccc(Cl)cc1. The van der Waals surface area contributed by atoms with Crippen LogP contribution >= 0.6 is 45.5 Å². The second-order valence-electron chi connectivity index (χ2n) is 6.50. The van der Waals surface area contributed by atoms with Gasteiger partial charge in [-0.3, -0.25) is 9.36 Å². The molecule has 0 saturated carbocycles. The topological polar surface area (TPSA) is 73.8 Å². The van der Waals surface area contributed by atoms with Gasteiger partial charge >= 0.3 is 5.97 Å². The smallest absolute Gasteiger partial charge is 0.338 e. The van der Waals surface area contributed by atoms with Crippen LogP contribution in [0.5, 0.6) is 0 Å². The number of thiazole rings is 1. The van der Waals surface area contributed by atoms with Crippen LogP contribution in [0.15, 0.2) is 61.9 Å². The van der Waals surface area contributed by atoms with Crippen LogP contribution in [0.25, 0.3) is 6.08 Å². The highest BCUT2D eigenvalue weighted by Gasteiger charge is 2.33. The van der Waals surface area contributed by atoms with Gasteiger partial charge in [0, 0.05) is 11.1 Å². The molecule has 9 heteroatoms. The quantitative estimate of drug-likeness (QED) is 0.365. The van der Waals surface area contributed by atoms with Crippen molar-refractivity contribution in [2.45, 2.75) is 19.9 Å². The van der Waals surface area contributed by atoms with Crippen LogP contribution in [0.3, 0.4) is 0 Å². The standard InChI is InChI=1S/C21H16ClIN2O4S/c1-3-28-20(27)17-11(2)24-21-25(18(17)12-4-6-13(22)7-5-12)19(26)15(30-21)10-14-8-9-16(23)29-14/h4-10,18H,3H2,1-2H3/b15-10+/t18-/m1/s1. The van der Waals surface area contributed by atoms with E-state index in [1.54, 1.807) is 50.3 Å². The Morgan fingerprint density at radius 3 is 2.70 bits per heavy atom. The van der Waals surface area contributed by atoms with Crippen molar-refractivity contribution >= 4 is 57.6 Å². The number of aromatic nitrogens is 1. The maximum Gasteiger partial charge on any atom is 0.338 e. The molecule has 2 aromatic heterocycles. The molecule has 0 saturated heterocycles. The molecule has 0 aliphatic carbocycles. The van der Waals surface area contributed by atoms with E-state index >= 15 is 0 Å². The predicted molar refractivity (Wildman–Crippen MR) is 123 cm³/mol. The van der Waals surface area contributed by atoms with Gasteiger partial charge in [-0.25, -0.2) is 9.79 Å². The summed E-state index contributed by atoms with van der Waals surface area (Å²) in [4.78, 5) is 31.2. The van der Waals surface area contributed by atoms with Gasteiger partial charge in [-0.15, -0.1) is 0 Å². The number of hydrogen-bond donors (Lipinski definition) is 0. The van der Waals surface area contributed by atoms with E-state index < -0.39 is 12.0 Å². The van der Waals surface area contributed by atoms with Crippen LogP contribution in [0, 0.1) is 3.77 Å². The molecule has 0 N–H and O–H groups in total. The summed E-state index contributed by atoms with van der Waals surface area (Å²) in [6.45, 7) is 3.72. The lowest BCUT2D eigenvalue weighted by Gasteiger charge is -2.24. The average Bonchev–Trinajstić information content (AvgIpc) is 3.24. The molecule has 6 nitrogen and oxygen atoms in total. The fraction of sp³-hybridized carbons (Fsp3) is 0.190. The third-order valence-electron chi connectivity index (χ3n) is 4.57. The highest BCUT2D eigenvalue weighted by Crippen LogP contribution is 2.31. The maximum atomic E-state index is 13.3. The van der Waals surface area contributed by atoms with Gasteiger partial charge in [0.05, 0.1) is 28.5 Å². The summed E-state index contributed by atoms with van der Waals surface area (Å²) < 4.78 is 13.6. The lowest BCUT2D eigenvalue weighted by Crippen LogP contribution is -2.39. The van der Waals surface area contributed by atoms with E-state index in [2.05, 4.69) is 27.6 Å². The Hall–Kier alpha value is -2.17. The van der Waals surface area contributed by atoms with E-state index in [9.17, 15) is 9.59 Å². The molecule has 0 amide bonds. The van der Waals surface area contributed by atoms with Crippen molar-refractivity contribution in [2.75, 3.05) is 6.61 Å². The monoisotopic (exact) mass is 554 g/mol. The third-order valence-corrected chi connectivity index (χ3v) is 6.38. The second-order valence-corrected chi connectivity index (χ2v) is 9.00. The zero-order valence-electron chi connectivity index (χ0n) is 16.0. The number of rotatable bonds is 4. The molecule has 30 heavy (non-hydrogen) atoms. The summed E-state index contributed by atoms with van der Waals surface area (Å²) in [6, 6.07) is 10.0. The lowest BCUT2D eigenvalue weighted by atomic mass is 9.96. The van der Waals surface area contributed by atoms with Gasteiger partial charge in [0.15, 0.2) is 8.57 Å². The summed E-state index contributed by atoms with van der Waals surface area (Å²) in [5.74, 6) is 0.0857. The zero-order valence-corrected chi connectivity index (χ0v) is 19.7. The summed E-state index contributed by atoms with van der Waals surface area (Å²) in [5.41, 5.74) is 1.36. The molecular formula is C21H16ClIN2O4S. The average molecular weight is 555 g/mol. The van der Waals surface area contributed by atoms with Crippen molar-refractivity contribution in [3.8, 4) is 0 Å². The summed E-state index contributed by atoms with van der Waals surface area (Å²) in [6.07, 6.45) is 1.69. The molecule has 1 atom stereocenters. The Balaban J connectivity index is 1.96.